The van der Waals surface area contributed by atoms with Crippen molar-refractivity contribution >= 4 is 0 Å². The van der Waals surface area contributed by atoms with Gasteiger partial charge in [-0.2, -0.15) is 0 Å². The summed E-state index contributed by atoms with van der Waals surface area (Å²) < 4.78 is 5.08. The van der Waals surface area contributed by atoms with Crippen LogP contribution in [0.2, 0.25) is 0 Å². The van der Waals surface area contributed by atoms with Gasteiger partial charge in [0, 0.05) is 26.3 Å². The first-order chi connectivity index (χ1) is 7.81. The maximum atomic E-state index is 5.08. The summed E-state index contributed by atoms with van der Waals surface area (Å²) in [5.41, 5.74) is 0. The average Bonchev–Trinajstić information content (AvgIpc) is 2.34. The van der Waals surface area contributed by atoms with Gasteiger partial charge >= 0.3 is 0 Å². The highest BCUT2D eigenvalue weighted by atomic mass is 16.5. The van der Waals surface area contributed by atoms with Gasteiger partial charge in [-0.3, -0.25) is 0 Å². The van der Waals surface area contributed by atoms with Crippen molar-refractivity contribution in [3.05, 3.63) is 0 Å². The van der Waals surface area contributed by atoms with Gasteiger partial charge in [-0.05, 0) is 45.3 Å². The van der Waals surface area contributed by atoms with Crippen molar-refractivity contribution in [1.82, 2.24) is 10.2 Å². The molecule has 1 heterocycles. The SMILES string of the molecule is CCC1CN(CCCCOC)CCC1NC. The second-order valence-electron chi connectivity index (χ2n) is 4.85. The van der Waals surface area contributed by atoms with E-state index in [2.05, 4.69) is 24.2 Å². The topological polar surface area (TPSA) is 24.5 Å². The number of piperidine rings is 1. The van der Waals surface area contributed by atoms with Crippen LogP contribution in [0.4, 0.5) is 0 Å². The molecule has 0 aromatic heterocycles. The molecule has 3 nitrogen and oxygen atoms in total. The smallest absolute Gasteiger partial charge is 0.0462 e. The number of unbranched alkanes of at least 4 members (excludes halogenated alkanes) is 1. The first-order valence-corrected chi connectivity index (χ1v) is 6.70. The Morgan fingerprint density at radius 1 is 1.38 bits per heavy atom. The summed E-state index contributed by atoms with van der Waals surface area (Å²) in [6.45, 7) is 6.99. The molecule has 3 heteroatoms. The monoisotopic (exact) mass is 228 g/mol. The first kappa shape index (κ1) is 13.9. The molecule has 0 aliphatic carbocycles. The van der Waals surface area contributed by atoms with Crippen LogP contribution in [0, 0.1) is 5.92 Å². The maximum Gasteiger partial charge on any atom is 0.0462 e. The molecule has 1 aliphatic rings. The molecular formula is C13H28N2O. The largest absolute Gasteiger partial charge is 0.385 e. The molecule has 1 aliphatic heterocycles. The van der Waals surface area contributed by atoms with Gasteiger partial charge in [-0.25, -0.2) is 0 Å². The number of hydrogen-bond acceptors (Lipinski definition) is 3. The predicted octanol–water partition coefficient (Wildman–Crippen LogP) is 1.73. The minimum atomic E-state index is 0.736. The highest BCUT2D eigenvalue weighted by Gasteiger charge is 2.26. The Kier molecular flexibility index (Phi) is 7.01. The van der Waals surface area contributed by atoms with Gasteiger partial charge in [0.1, 0.15) is 0 Å². The second kappa shape index (κ2) is 8.04. The van der Waals surface area contributed by atoms with Crippen LogP contribution in [0.15, 0.2) is 0 Å². The van der Waals surface area contributed by atoms with Crippen LogP contribution in [0.5, 0.6) is 0 Å². The van der Waals surface area contributed by atoms with Gasteiger partial charge < -0.3 is 15.0 Å². The fourth-order valence-corrected chi connectivity index (χ4v) is 2.69. The third-order valence-corrected chi connectivity index (χ3v) is 3.79. The van der Waals surface area contributed by atoms with Crippen molar-refractivity contribution < 1.29 is 4.74 Å². The zero-order chi connectivity index (χ0) is 11.8. The van der Waals surface area contributed by atoms with E-state index in [9.17, 15) is 0 Å². The molecule has 0 amide bonds. The number of likely N-dealkylation sites (tertiary alicyclic amines) is 1. The molecule has 16 heavy (non-hydrogen) atoms. The number of nitrogens with one attached hydrogen (secondary N) is 1. The van der Waals surface area contributed by atoms with Crippen molar-refractivity contribution in [2.75, 3.05) is 40.4 Å². The quantitative estimate of drug-likeness (QED) is 0.672. The first-order valence-electron chi connectivity index (χ1n) is 6.70. The van der Waals surface area contributed by atoms with Crippen LogP contribution in [-0.2, 0) is 4.74 Å². The zero-order valence-electron chi connectivity index (χ0n) is 11.2. The third kappa shape index (κ3) is 4.40. The maximum absolute atomic E-state index is 5.08. The molecular weight excluding hydrogens is 200 g/mol. The number of methoxy groups -OCH3 is 1. The van der Waals surface area contributed by atoms with E-state index in [0.29, 0.717) is 0 Å². The van der Waals surface area contributed by atoms with Gasteiger partial charge in [-0.1, -0.05) is 13.3 Å². The van der Waals surface area contributed by atoms with Gasteiger partial charge in [0.05, 0.1) is 0 Å². The summed E-state index contributed by atoms with van der Waals surface area (Å²) >= 11 is 0. The molecule has 1 fully saturated rings. The van der Waals surface area contributed by atoms with E-state index in [1.807, 2.05) is 0 Å². The number of rotatable bonds is 7. The number of ether oxygens (including phenoxy) is 1. The van der Waals surface area contributed by atoms with Crippen molar-refractivity contribution in [2.24, 2.45) is 5.92 Å². The van der Waals surface area contributed by atoms with Crippen LogP contribution in [0.1, 0.15) is 32.6 Å². The summed E-state index contributed by atoms with van der Waals surface area (Å²) in [4.78, 5) is 2.62. The Bertz CT molecular complexity index is 175. The summed E-state index contributed by atoms with van der Waals surface area (Å²) in [6, 6.07) is 0.736. The van der Waals surface area contributed by atoms with Gasteiger partial charge in [0.15, 0.2) is 0 Å². The zero-order valence-corrected chi connectivity index (χ0v) is 11.2. The Hall–Kier alpha value is -0.120. The predicted molar refractivity (Wildman–Crippen MR) is 68.8 cm³/mol. The van der Waals surface area contributed by atoms with Gasteiger partial charge in [-0.15, -0.1) is 0 Å². The lowest BCUT2D eigenvalue weighted by Crippen LogP contribution is -2.48. The molecule has 0 aromatic carbocycles. The molecule has 0 spiro atoms. The molecule has 0 radical (unpaired) electrons. The van der Waals surface area contributed by atoms with E-state index in [4.69, 9.17) is 4.74 Å². The lowest BCUT2D eigenvalue weighted by molar-refractivity contribution is 0.130. The minimum absolute atomic E-state index is 0.736. The number of hydrogen-bond donors (Lipinski definition) is 1. The van der Waals surface area contributed by atoms with E-state index >= 15 is 0 Å². The molecule has 1 saturated heterocycles. The standard InChI is InChI=1S/C13H28N2O/c1-4-12-11-15(8-5-6-10-16-3)9-7-13(12)14-2/h12-14H,4-11H2,1-3H3. The molecule has 96 valence electrons. The fourth-order valence-electron chi connectivity index (χ4n) is 2.69. The average molecular weight is 228 g/mol. The lowest BCUT2D eigenvalue weighted by Gasteiger charge is -2.38. The van der Waals surface area contributed by atoms with E-state index in [0.717, 1.165) is 18.6 Å². The Balaban J connectivity index is 2.20. The minimum Gasteiger partial charge on any atom is -0.385 e. The van der Waals surface area contributed by atoms with Crippen LogP contribution >= 0.6 is 0 Å². The highest BCUT2D eigenvalue weighted by molar-refractivity contribution is 4.83. The van der Waals surface area contributed by atoms with E-state index in [1.165, 1.54) is 45.3 Å². The summed E-state index contributed by atoms with van der Waals surface area (Å²) in [5, 5.41) is 3.46. The summed E-state index contributed by atoms with van der Waals surface area (Å²) in [5.74, 6) is 0.834. The van der Waals surface area contributed by atoms with Crippen molar-refractivity contribution in [3.8, 4) is 0 Å². The molecule has 2 atom stereocenters. The second-order valence-corrected chi connectivity index (χ2v) is 4.85. The van der Waals surface area contributed by atoms with Gasteiger partial charge in [0.25, 0.3) is 0 Å². The molecule has 0 saturated carbocycles. The van der Waals surface area contributed by atoms with Crippen molar-refractivity contribution in [3.63, 3.8) is 0 Å². The molecule has 2 unspecified atom stereocenters. The van der Waals surface area contributed by atoms with Crippen molar-refractivity contribution in [2.45, 2.75) is 38.6 Å². The van der Waals surface area contributed by atoms with Crippen LogP contribution in [0.3, 0.4) is 0 Å². The Morgan fingerprint density at radius 3 is 2.81 bits per heavy atom. The lowest BCUT2D eigenvalue weighted by atomic mass is 9.90. The van der Waals surface area contributed by atoms with Gasteiger partial charge in [0.2, 0.25) is 0 Å². The van der Waals surface area contributed by atoms with Crippen molar-refractivity contribution in [1.29, 1.82) is 0 Å². The Morgan fingerprint density at radius 2 is 2.19 bits per heavy atom. The van der Waals surface area contributed by atoms with E-state index < -0.39 is 0 Å². The highest BCUT2D eigenvalue weighted by Crippen LogP contribution is 2.20. The normalized spacial score (nSPS) is 27.2. The third-order valence-electron chi connectivity index (χ3n) is 3.79. The van der Waals surface area contributed by atoms with Crippen LogP contribution in [0.25, 0.3) is 0 Å². The Labute approximate surface area is 101 Å². The van der Waals surface area contributed by atoms with E-state index in [1.54, 1.807) is 7.11 Å². The van der Waals surface area contributed by atoms with Crippen LogP contribution < -0.4 is 5.32 Å². The summed E-state index contributed by atoms with van der Waals surface area (Å²) in [7, 11) is 3.88. The molecule has 1 N–H and O–H groups in total. The molecule has 0 bridgehead atoms. The number of nitrogens with zero attached hydrogens (tertiary/aromatic N) is 1. The van der Waals surface area contributed by atoms with Crippen LogP contribution in [-0.4, -0.2) is 51.3 Å². The summed E-state index contributed by atoms with van der Waals surface area (Å²) in [6.07, 6.45) is 5.06. The molecule has 1 rings (SSSR count). The van der Waals surface area contributed by atoms with E-state index in [-0.39, 0.29) is 0 Å². The molecule has 0 aromatic rings. The fraction of sp³-hybridized carbons (Fsp3) is 1.00.